The molecule has 18 heavy (non-hydrogen) atoms. The molecule has 0 radical (unpaired) electrons. The van der Waals surface area contributed by atoms with Crippen molar-refractivity contribution in [2.75, 3.05) is 38.1 Å². The van der Waals surface area contributed by atoms with Crippen LogP contribution in [0.25, 0.3) is 0 Å². The molecule has 100 valence electrons. The van der Waals surface area contributed by atoms with Crippen LogP contribution in [0.2, 0.25) is 0 Å². The van der Waals surface area contributed by atoms with Gasteiger partial charge in [0.2, 0.25) is 0 Å². The first-order chi connectivity index (χ1) is 8.71. The Kier molecular flexibility index (Phi) is 4.25. The van der Waals surface area contributed by atoms with Gasteiger partial charge in [-0.15, -0.1) is 0 Å². The lowest BCUT2D eigenvalue weighted by molar-refractivity contribution is 0.224. The normalized spacial score (nSPS) is 16.2. The highest BCUT2D eigenvalue weighted by Crippen LogP contribution is 2.30. The fourth-order valence-corrected chi connectivity index (χ4v) is 2.95. The number of anilines is 1. The van der Waals surface area contributed by atoms with Gasteiger partial charge in [-0.05, 0) is 36.7 Å². The van der Waals surface area contributed by atoms with Gasteiger partial charge in [-0.25, -0.2) is 0 Å². The largest absolute Gasteiger partial charge is 0.374 e. The topological polar surface area (TPSA) is 32.5 Å². The van der Waals surface area contributed by atoms with Crippen molar-refractivity contribution < 1.29 is 0 Å². The second-order valence-corrected chi connectivity index (χ2v) is 5.03. The second kappa shape index (κ2) is 5.72. The van der Waals surface area contributed by atoms with Crippen molar-refractivity contribution in [3.63, 3.8) is 0 Å². The molecule has 1 aliphatic heterocycles. The first kappa shape index (κ1) is 13.4. The third-order valence-corrected chi connectivity index (χ3v) is 4.09. The Labute approximate surface area is 111 Å². The number of likely N-dealkylation sites (N-methyl/N-ethyl adjacent to an activating group) is 2. The Morgan fingerprint density at radius 1 is 1.33 bits per heavy atom. The van der Waals surface area contributed by atoms with E-state index in [9.17, 15) is 0 Å². The van der Waals surface area contributed by atoms with Crippen molar-refractivity contribution in [2.45, 2.75) is 26.3 Å². The quantitative estimate of drug-likeness (QED) is 0.864. The number of fused-ring (bicyclic) bond motifs is 1. The van der Waals surface area contributed by atoms with Crippen molar-refractivity contribution in [3.05, 3.63) is 29.3 Å². The van der Waals surface area contributed by atoms with Crippen LogP contribution < -0.4 is 10.6 Å². The van der Waals surface area contributed by atoms with Gasteiger partial charge in [0.05, 0.1) is 0 Å². The highest BCUT2D eigenvalue weighted by molar-refractivity contribution is 5.58. The molecule has 1 aromatic rings. The van der Waals surface area contributed by atoms with Crippen LogP contribution >= 0.6 is 0 Å². The molecule has 1 heterocycles. The van der Waals surface area contributed by atoms with Crippen LogP contribution in [0, 0.1) is 0 Å². The Morgan fingerprint density at radius 2 is 2.06 bits per heavy atom. The first-order valence-corrected chi connectivity index (χ1v) is 6.99. The van der Waals surface area contributed by atoms with Crippen LogP contribution in [0.1, 0.15) is 31.0 Å². The molecule has 1 aliphatic rings. The van der Waals surface area contributed by atoms with E-state index in [2.05, 4.69) is 48.9 Å². The van der Waals surface area contributed by atoms with Crippen LogP contribution in [0.15, 0.2) is 18.2 Å². The minimum atomic E-state index is 0.358. The van der Waals surface area contributed by atoms with Crippen molar-refractivity contribution in [3.8, 4) is 0 Å². The molecule has 1 atom stereocenters. The Hall–Kier alpha value is -1.06. The molecule has 0 aromatic heterocycles. The van der Waals surface area contributed by atoms with Gasteiger partial charge in [0.15, 0.2) is 0 Å². The molecule has 2 rings (SSSR count). The number of rotatable bonds is 5. The summed E-state index contributed by atoms with van der Waals surface area (Å²) in [5.74, 6) is 0. The summed E-state index contributed by atoms with van der Waals surface area (Å²) in [4.78, 5) is 4.76. The van der Waals surface area contributed by atoms with E-state index in [0.29, 0.717) is 12.6 Å². The number of nitrogens with zero attached hydrogens (tertiary/aromatic N) is 2. The van der Waals surface area contributed by atoms with Crippen LogP contribution in [0.5, 0.6) is 0 Å². The molecule has 0 saturated heterocycles. The maximum Gasteiger partial charge on any atom is 0.0470 e. The zero-order chi connectivity index (χ0) is 13.1. The van der Waals surface area contributed by atoms with Gasteiger partial charge in [-0.3, -0.25) is 4.90 Å². The molecule has 3 nitrogen and oxygen atoms in total. The van der Waals surface area contributed by atoms with E-state index in [1.54, 1.807) is 0 Å². The Bertz CT molecular complexity index is 399. The zero-order valence-electron chi connectivity index (χ0n) is 11.8. The van der Waals surface area contributed by atoms with E-state index in [1.165, 1.54) is 16.8 Å². The van der Waals surface area contributed by atoms with Crippen molar-refractivity contribution in [1.82, 2.24) is 4.90 Å². The molecule has 0 fully saturated rings. The molecule has 0 spiro atoms. The third kappa shape index (κ3) is 2.38. The lowest BCUT2D eigenvalue weighted by Gasteiger charge is -2.29. The Morgan fingerprint density at radius 3 is 2.67 bits per heavy atom. The molecule has 0 bridgehead atoms. The number of benzene rings is 1. The van der Waals surface area contributed by atoms with E-state index < -0.39 is 0 Å². The predicted octanol–water partition coefficient (Wildman–Crippen LogP) is 2.02. The van der Waals surface area contributed by atoms with Crippen LogP contribution in [-0.4, -0.2) is 38.1 Å². The summed E-state index contributed by atoms with van der Waals surface area (Å²) >= 11 is 0. The summed E-state index contributed by atoms with van der Waals surface area (Å²) in [7, 11) is 2.16. The molecular weight excluding hydrogens is 222 g/mol. The van der Waals surface area contributed by atoms with Crippen LogP contribution in [-0.2, 0) is 6.42 Å². The minimum absolute atomic E-state index is 0.358. The third-order valence-electron chi connectivity index (χ3n) is 4.09. The molecule has 1 unspecified atom stereocenters. The summed E-state index contributed by atoms with van der Waals surface area (Å²) in [6.07, 6.45) is 1.16. The maximum absolute atomic E-state index is 5.98. The van der Waals surface area contributed by atoms with Gasteiger partial charge in [0, 0.05) is 31.9 Å². The van der Waals surface area contributed by atoms with E-state index in [4.69, 9.17) is 5.73 Å². The van der Waals surface area contributed by atoms with Gasteiger partial charge in [0.1, 0.15) is 0 Å². The second-order valence-electron chi connectivity index (χ2n) is 5.03. The molecule has 0 aliphatic carbocycles. The van der Waals surface area contributed by atoms with Gasteiger partial charge in [-0.2, -0.15) is 0 Å². The summed E-state index contributed by atoms with van der Waals surface area (Å²) in [5, 5.41) is 0. The molecule has 3 heteroatoms. The molecule has 1 aromatic carbocycles. The fraction of sp³-hybridized carbons (Fsp3) is 0.600. The Balaban J connectivity index is 2.27. The average molecular weight is 247 g/mol. The van der Waals surface area contributed by atoms with Gasteiger partial charge < -0.3 is 10.6 Å². The van der Waals surface area contributed by atoms with Gasteiger partial charge in [-0.1, -0.05) is 26.0 Å². The van der Waals surface area contributed by atoms with E-state index >= 15 is 0 Å². The van der Waals surface area contributed by atoms with Gasteiger partial charge in [0.25, 0.3) is 0 Å². The lowest BCUT2D eigenvalue weighted by Crippen LogP contribution is -2.33. The van der Waals surface area contributed by atoms with E-state index in [1.807, 2.05) is 0 Å². The monoisotopic (exact) mass is 247 g/mol. The SMILES string of the molecule is CCN(CC)C(CN)c1ccc2c(c1)CCN2C. The molecule has 2 N–H and O–H groups in total. The predicted molar refractivity (Wildman–Crippen MR) is 78.1 cm³/mol. The molecular formula is C15H25N3. The summed E-state index contributed by atoms with van der Waals surface area (Å²) in [5.41, 5.74) is 10.2. The summed E-state index contributed by atoms with van der Waals surface area (Å²) < 4.78 is 0. The van der Waals surface area contributed by atoms with E-state index in [0.717, 1.165) is 26.1 Å². The first-order valence-electron chi connectivity index (χ1n) is 6.99. The molecule has 0 saturated carbocycles. The number of nitrogens with two attached hydrogens (primary N) is 1. The standard InChI is InChI=1S/C15H25N3/c1-4-18(5-2)15(11-16)12-6-7-14-13(10-12)8-9-17(14)3/h6-7,10,15H,4-5,8-9,11,16H2,1-3H3. The number of hydrogen-bond acceptors (Lipinski definition) is 3. The highest BCUT2D eigenvalue weighted by atomic mass is 15.2. The lowest BCUT2D eigenvalue weighted by atomic mass is 10.0. The highest BCUT2D eigenvalue weighted by Gasteiger charge is 2.20. The minimum Gasteiger partial charge on any atom is -0.374 e. The van der Waals surface area contributed by atoms with Crippen molar-refractivity contribution in [2.24, 2.45) is 5.73 Å². The summed E-state index contributed by atoms with van der Waals surface area (Å²) in [6.45, 7) is 8.33. The maximum atomic E-state index is 5.98. The summed E-state index contributed by atoms with van der Waals surface area (Å²) in [6, 6.07) is 7.21. The van der Waals surface area contributed by atoms with E-state index in [-0.39, 0.29) is 0 Å². The van der Waals surface area contributed by atoms with Gasteiger partial charge >= 0.3 is 0 Å². The van der Waals surface area contributed by atoms with Crippen LogP contribution in [0.4, 0.5) is 5.69 Å². The van der Waals surface area contributed by atoms with Crippen molar-refractivity contribution in [1.29, 1.82) is 0 Å². The van der Waals surface area contributed by atoms with Crippen molar-refractivity contribution >= 4 is 5.69 Å². The average Bonchev–Trinajstić information content (AvgIpc) is 2.77. The number of hydrogen-bond donors (Lipinski definition) is 1. The fourth-order valence-electron chi connectivity index (χ4n) is 2.95. The van der Waals surface area contributed by atoms with Crippen LogP contribution in [0.3, 0.4) is 0 Å². The zero-order valence-corrected chi connectivity index (χ0v) is 11.8. The smallest absolute Gasteiger partial charge is 0.0470 e. The molecule has 0 amide bonds.